The number of ether oxygens (including phenoxy) is 1. The van der Waals surface area contributed by atoms with E-state index in [2.05, 4.69) is 37.1 Å². The topological polar surface area (TPSA) is 12.5 Å². The molecule has 2 heteroatoms. The van der Waals surface area contributed by atoms with E-state index in [0.717, 1.165) is 38.1 Å². The van der Waals surface area contributed by atoms with Gasteiger partial charge in [0.15, 0.2) is 0 Å². The molecule has 2 aliphatic rings. The molecule has 1 spiro atoms. The summed E-state index contributed by atoms with van der Waals surface area (Å²) in [5.74, 6) is 1.12. The van der Waals surface area contributed by atoms with Crippen LogP contribution in [-0.2, 0) is 6.42 Å². The first-order chi connectivity index (χ1) is 10.7. The van der Waals surface area contributed by atoms with Crippen molar-refractivity contribution in [2.75, 3.05) is 20.1 Å². The van der Waals surface area contributed by atoms with Crippen LogP contribution in [0.4, 0.5) is 0 Å². The third-order valence-electron chi connectivity index (χ3n) is 3.95. The van der Waals surface area contributed by atoms with Gasteiger partial charge in [-0.1, -0.05) is 59.2 Å². The Hall–Kier alpha value is -1.02. The number of likely N-dealkylation sites (tertiary alicyclic amines) is 1. The van der Waals surface area contributed by atoms with Crippen LogP contribution in [0.1, 0.15) is 65.5 Å². The summed E-state index contributed by atoms with van der Waals surface area (Å²) in [5, 5.41) is 0. The van der Waals surface area contributed by atoms with E-state index in [4.69, 9.17) is 4.74 Å². The van der Waals surface area contributed by atoms with Crippen LogP contribution in [0.15, 0.2) is 18.2 Å². The molecule has 2 nitrogen and oxygen atoms in total. The second kappa shape index (κ2) is 10.7. The molecule has 2 aliphatic heterocycles. The number of rotatable bonds is 0. The van der Waals surface area contributed by atoms with E-state index in [1.165, 1.54) is 11.1 Å². The molecule has 1 aromatic carbocycles. The minimum absolute atomic E-state index is 0.114. The van der Waals surface area contributed by atoms with Crippen molar-refractivity contribution in [2.45, 2.75) is 73.3 Å². The molecule has 0 radical (unpaired) electrons. The third-order valence-corrected chi connectivity index (χ3v) is 3.95. The monoisotopic (exact) mass is 307 g/mol. The molecule has 0 bridgehead atoms. The molecular formula is C20H37NO. The van der Waals surface area contributed by atoms with Crippen LogP contribution in [-0.4, -0.2) is 30.6 Å². The van der Waals surface area contributed by atoms with Crippen molar-refractivity contribution in [1.82, 2.24) is 4.90 Å². The predicted molar refractivity (Wildman–Crippen MR) is 99.0 cm³/mol. The third kappa shape index (κ3) is 5.31. The molecule has 0 unspecified atom stereocenters. The average Bonchev–Trinajstić information content (AvgIpc) is 2.93. The number of nitrogens with zero attached hydrogens (tertiary/aromatic N) is 1. The van der Waals surface area contributed by atoms with E-state index in [1.54, 1.807) is 0 Å². The molecule has 1 aromatic rings. The molecule has 1 saturated heterocycles. The van der Waals surface area contributed by atoms with E-state index in [-0.39, 0.29) is 5.60 Å². The van der Waals surface area contributed by atoms with Gasteiger partial charge in [-0.3, -0.25) is 0 Å². The molecular weight excluding hydrogens is 270 g/mol. The van der Waals surface area contributed by atoms with Gasteiger partial charge in [0.2, 0.25) is 0 Å². The fraction of sp³-hybridized carbons (Fsp3) is 0.700. The minimum Gasteiger partial charge on any atom is -0.487 e. The van der Waals surface area contributed by atoms with E-state index >= 15 is 0 Å². The lowest BCUT2D eigenvalue weighted by molar-refractivity contribution is 0.0271. The van der Waals surface area contributed by atoms with Crippen molar-refractivity contribution in [2.24, 2.45) is 0 Å². The Morgan fingerprint density at radius 1 is 0.955 bits per heavy atom. The van der Waals surface area contributed by atoms with Gasteiger partial charge in [0, 0.05) is 32.4 Å². The smallest absolute Gasteiger partial charge is 0.123 e. The average molecular weight is 308 g/mol. The van der Waals surface area contributed by atoms with Crippen molar-refractivity contribution in [3.8, 4) is 5.75 Å². The minimum atomic E-state index is 0.114. The van der Waals surface area contributed by atoms with Crippen molar-refractivity contribution < 1.29 is 4.74 Å². The summed E-state index contributed by atoms with van der Waals surface area (Å²) in [4.78, 5) is 2.39. The van der Waals surface area contributed by atoms with E-state index in [0.29, 0.717) is 0 Å². The number of piperidine rings is 1. The Kier molecular flexibility index (Phi) is 10.2. The lowest BCUT2D eigenvalue weighted by atomic mass is 9.87. The second-order valence-corrected chi connectivity index (χ2v) is 5.38. The van der Waals surface area contributed by atoms with Gasteiger partial charge >= 0.3 is 0 Å². The van der Waals surface area contributed by atoms with Gasteiger partial charge < -0.3 is 9.64 Å². The van der Waals surface area contributed by atoms with Gasteiger partial charge in [0.25, 0.3) is 0 Å². The van der Waals surface area contributed by atoms with E-state index in [9.17, 15) is 0 Å². The zero-order chi connectivity index (χ0) is 17.2. The summed E-state index contributed by atoms with van der Waals surface area (Å²) in [5.41, 5.74) is 2.86. The highest BCUT2D eigenvalue weighted by atomic mass is 16.5. The van der Waals surface area contributed by atoms with Crippen LogP contribution < -0.4 is 4.74 Å². The lowest BCUT2D eigenvalue weighted by Gasteiger charge is -2.37. The fourth-order valence-corrected chi connectivity index (χ4v) is 2.87. The highest BCUT2D eigenvalue weighted by molar-refractivity contribution is 5.42. The number of benzene rings is 1. The van der Waals surface area contributed by atoms with Gasteiger partial charge in [-0.15, -0.1) is 0 Å². The Labute approximate surface area is 138 Å². The van der Waals surface area contributed by atoms with Crippen LogP contribution in [0.25, 0.3) is 0 Å². The SMILES string of the molecule is CC.CC.CC.Cc1ccc2c(c1)CC1(CCN(C)CC1)O2. The highest BCUT2D eigenvalue weighted by Gasteiger charge is 2.41. The van der Waals surface area contributed by atoms with Crippen molar-refractivity contribution in [3.05, 3.63) is 29.3 Å². The highest BCUT2D eigenvalue weighted by Crippen LogP contribution is 2.40. The number of hydrogen-bond acceptors (Lipinski definition) is 2. The first kappa shape index (κ1) is 21.0. The standard InChI is InChI=1S/C14H19NO.3C2H6/c1-11-3-4-13-12(9-11)10-14(16-13)5-7-15(2)8-6-14;3*1-2/h3-4,9H,5-8,10H2,1-2H3;3*1-2H3. The molecule has 22 heavy (non-hydrogen) atoms. The van der Waals surface area contributed by atoms with Crippen molar-refractivity contribution in [3.63, 3.8) is 0 Å². The Morgan fingerprint density at radius 3 is 2.05 bits per heavy atom. The molecule has 0 atom stereocenters. The van der Waals surface area contributed by atoms with Crippen LogP contribution in [0.5, 0.6) is 5.75 Å². The molecule has 1 fully saturated rings. The second-order valence-electron chi connectivity index (χ2n) is 5.38. The molecule has 0 aromatic heterocycles. The first-order valence-electron chi connectivity index (χ1n) is 9.14. The summed E-state index contributed by atoms with van der Waals surface area (Å²) in [6.45, 7) is 16.5. The van der Waals surface area contributed by atoms with Crippen molar-refractivity contribution >= 4 is 0 Å². The van der Waals surface area contributed by atoms with Crippen LogP contribution in [0.3, 0.4) is 0 Å². The van der Waals surface area contributed by atoms with Gasteiger partial charge in [-0.05, 0) is 25.6 Å². The van der Waals surface area contributed by atoms with Crippen LogP contribution in [0, 0.1) is 6.92 Å². The molecule has 128 valence electrons. The maximum Gasteiger partial charge on any atom is 0.123 e. The summed E-state index contributed by atoms with van der Waals surface area (Å²) in [7, 11) is 2.19. The summed E-state index contributed by atoms with van der Waals surface area (Å²) in [6.07, 6.45) is 3.44. The van der Waals surface area contributed by atoms with E-state index < -0.39 is 0 Å². The summed E-state index contributed by atoms with van der Waals surface area (Å²) >= 11 is 0. The molecule has 0 N–H and O–H groups in total. The predicted octanol–water partition coefficient (Wildman–Crippen LogP) is 5.47. The van der Waals surface area contributed by atoms with Crippen molar-refractivity contribution in [1.29, 1.82) is 0 Å². The quantitative estimate of drug-likeness (QED) is 0.630. The Morgan fingerprint density at radius 2 is 1.50 bits per heavy atom. The zero-order valence-electron chi connectivity index (χ0n) is 16.1. The summed E-state index contributed by atoms with van der Waals surface area (Å²) < 4.78 is 6.21. The molecule has 0 amide bonds. The van der Waals surface area contributed by atoms with Crippen LogP contribution >= 0.6 is 0 Å². The van der Waals surface area contributed by atoms with Gasteiger partial charge in [0.05, 0.1) is 0 Å². The Balaban J connectivity index is 0.000000661. The van der Waals surface area contributed by atoms with Gasteiger partial charge in [0.1, 0.15) is 11.4 Å². The fourth-order valence-electron chi connectivity index (χ4n) is 2.87. The van der Waals surface area contributed by atoms with Gasteiger partial charge in [-0.2, -0.15) is 0 Å². The van der Waals surface area contributed by atoms with Gasteiger partial charge in [-0.25, -0.2) is 0 Å². The number of aryl methyl sites for hydroxylation is 1. The molecule has 3 rings (SSSR count). The largest absolute Gasteiger partial charge is 0.487 e. The maximum absolute atomic E-state index is 6.21. The molecule has 0 aliphatic carbocycles. The zero-order valence-corrected chi connectivity index (χ0v) is 16.1. The molecule has 2 heterocycles. The maximum atomic E-state index is 6.21. The van der Waals surface area contributed by atoms with E-state index in [1.807, 2.05) is 41.5 Å². The number of hydrogen-bond donors (Lipinski definition) is 0. The lowest BCUT2D eigenvalue weighted by Crippen LogP contribution is -2.45. The Bertz CT molecular complexity index is 406. The normalized spacial score (nSPS) is 17.6. The summed E-state index contributed by atoms with van der Waals surface area (Å²) in [6, 6.07) is 6.56. The number of fused-ring (bicyclic) bond motifs is 1. The molecule has 0 saturated carbocycles. The first-order valence-corrected chi connectivity index (χ1v) is 9.14. The van der Waals surface area contributed by atoms with Crippen LogP contribution in [0.2, 0.25) is 0 Å².